The van der Waals surface area contributed by atoms with Gasteiger partial charge < -0.3 is 15.2 Å². The topological polar surface area (TPSA) is 103 Å². The zero-order chi connectivity index (χ0) is 18.1. The van der Waals surface area contributed by atoms with Gasteiger partial charge in [0.15, 0.2) is 11.5 Å². The molecule has 0 spiro atoms. The number of fused-ring (bicyclic) bond motifs is 1. The molecule has 1 fully saturated rings. The first-order valence-corrected chi connectivity index (χ1v) is 8.65. The number of hydrogen-bond donors (Lipinski definition) is 2. The summed E-state index contributed by atoms with van der Waals surface area (Å²) in [5, 5.41) is 12.7. The minimum absolute atomic E-state index is 0.0901. The number of hydrogen-bond acceptors (Lipinski definition) is 6. The number of piperazine rings is 1. The van der Waals surface area contributed by atoms with Crippen molar-refractivity contribution in [3.05, 3.63) is 51.2 Å². The Labute approximate surface area is 154 Å². The summed E-state index contributed by atoms with van der Waals surface area (Å²) in [5.41, 5.74) is 1.97. The SMILES string of the molecule is N#Cc1ccccc1Cn1c(=O)[nH]c2c(N3CCNCC3)nc(Cl)nc21. The van der Waals surface area contributed by atoms with Gasteiger partial charge in [-0.1, -0.05) is 18.2 Å². The third-order valence-corrected chi connectivity index (χ3v) is 4.63. The molecule has 3 aromatic rings. The molecule has 0 atom stereocenters. The number of halogens is 1. The summed E-state index contributed by atoms with van der Waals surface area (Å²) in [4.78, 5) is 26.1. The van der Waals surface area contributed by atoms with E-state index in [1.807, 2.05) is 12.1 Å². The van der Waals surface area contributed by atoms with Gasteiger partial charge in [0.1, 0.15) is 5.52 Å². The van der Waals surface area contributed by atoms with Crippen LogP contribution in [0.5, 0.6) is 0 Å². The fraction of sp³-hybridized carbons (Fsp3) is 0.294. The summed E-state index contributed by atoms with van der Waals surface area (Å²) in [5.74, 6) is 0.630. The van der Waals surface area contributed by atoms with Gasteiger partial charge in [-0.15, -0.1) is 0 Å². The molecule has 1 aromatic carbocycles. The molecule has 2 N–H and O–H groups in total. The van der Waals surface area contributed by atoms with Crippen LogP contribution in [0.1, 0.15) is 11.1 Å². The molecule has 0 bridgehead atoms. The third kappa shape index (κ3) is 2.92. The van der Waals surface area contributed by atoms with Crippen molar-refractivity contribution in [3.63, 3.8) is 0 Å². The minimum Gasteiger partial charge on any atom is -0.352 e. The normalized spacial score (nSPS) is 14.5. The van der Waals surface area contributed by atoms with Gasteiger partial charge >= 0.3 is 5.69 Å². The second-order valence-electron chi connectivity index (χ2n) is 6.04. The fourth-order valence-electron chi connectivity index (χ4n) is 3.18. The van der Waals surface area contributed by atoms with Crippen LogP contribution in [-0.4, -0.2) is 45.7 Å². The van der Waals surface area contributed by atoms with Crippen molar-refractivity contribution >= 4 is 28.6 Å². The van der Waals surface area contributed by atoms with Gasteiger partial charge in [-0.25, -0.2) is 4.79 Å². The molecule has 132 valence electrons. The molecular formula is C17H16ClN7O. The van der Waals surface area contributed by atoms with E-state index in [0.29, 0.717) is 22.5 Å². The number of anilines is 1. The number of benzene rings is 1. The van der Waals surface area contributed by atoms with E-state index in [9.17, 15) is 10.1 Å². The monoisotopic (exact) mass is 369 g/mol. The Bertz CT molecular complexity index is 1060. The number of nitrogens with zero attached hydrogens (tertiary/aromatic N) is 5. The summed E-state index contributed by atoms with van der Waals surface area (Å²) in [6, 6.07) is 9.33. The van der Waals surface area contributed by atoms with Gasteiger partial charge in [0.2, 0.25) is 5.28 Å². The minimum atomic E-state index is -0.305. The molecule has 0 unspecified atom stereocenters. The summed E-state index contributed by atoms with van der Waals surface area (Å²) < 4.78 is 1.49. The predicted octanol–water partition coefficient (Wildman–Crippen LogP) is 1.10. The second kappa shape index (κ2) is 6.78. The zero-order valence-electron chi connectivity index (χ0n) is 13.9. The largest absolute Gasteiger partial charge is 0.352 e. The third-order valence-electron chi connectivity index (χ3n) is 4.46. The molecule has 0 amide bonds. The van der Waals surface area contributed by atoms with E-state index in [4.69, 9.17) is 11.6 Å². The Kier molecular flexibility index (Phi) is 4.32. The van der Waals surface area contributed by atoms with Crippen LogP contribution in [0.3, 0.4) is 0 Å². The first-order chi connectivity index (χ1) is 12.7. The number of aromatic nitrogens is 4. The Morgan fingerprint density at radius 3 is 2.77 bits per heavy atom. The van der Waals surface area contributed by atoms with E-state index in [0.717, 1.165) is 31.7 Å². The van der Waals surface area contributed by atoms with Crippen molar-refractivity contribution < 1.29 is 0 Å². The lowest BCUT2D eigenvalue weighted by Gasteiger charge is -2.28. The highest BCUT2D eigenvalue weighted by Gasteiger charge is 2.21. The molecule has 1 saturated heterocycles. The van der Waals surface area contributed by atoms with Crippen LogP contribution in [0.15, 0.2) is 29.1 Å². The molecule has 0 aliphatic carbocycles. The van der Waals surface area contributed by atoms with Gasteiger partial charge in [-0.05, 0) is 23.2 Å². The van der Waals surface area contributed by atoms with Gasteiger partial charge in [0.05, 0.1) is 18.2 Å². The lowest BCUT2D eigenvalue weighted by atomic mass is 10.1. The van der Waals surface area contributed by atoms with Crippen molar-refractivity contribution in [2.75, 3.05) is 31.1 Å². The Balaban J connectivity index is 1.84. The number of imidazole rings is 1. The quantitative estimate of drug-likeness (QED) is 0.670. The fourth-order valence-corrected chi connectivity index (χ4v) is 3.34. The number of H-pyrrole nitrogens is 1. The Morgan fingerprint density at radius 1 is 1.23 bits per heavy atom. The molecule has 1 aliphatic heterocycles. The molecule has 4 rings (SSSR count). The highest BCUT2D eigenvalue weighted by Crippen LogP contribution is 2.24. The van der Waals surface area contributed by atoms with Crippen LogP contribution in [0.4, 0.5) is 5.82 Å². The number of nitriles is 1. The maximum Gasteiger partial charge on any atom is 0.328 e. The van der Waals surface area contributed by atoms with Crippen LogP contribution < -0.4 is 15.9 Å². The van der Waals surface area contributed by atoms with Gasteiger partial charge in [-0.3, -0.25) is 4.57 Å². The molecule has 0 saturated carbocycles. The molecule has 3 heterocycles. The van der Waals surface area contributed by atoms with Crippen LogP contribution in [0.2, 0.25) is 5.28 Å². The van der Waals surface area contributed by atoms with Crippen molar-refractivity contribution in [1.82, 2.24) is 24.8 Å². The van der Waals surface area contributed by atoms with Crippen molar-refractivity contribution in [2.45, 2.75) is 6.54 Å². The maximum absolute atomic E-state index is 12.6. The lowest BCUT2D eigenvalue weighted by Crippen LogP contribution is -2.44. The number of aromatic amines is 1. The van der Waals surface area contributed by atoms with E-state index in [2.05, 4.69) is 31.2 Å². The zero-order valence-corrected chi connectivity index (χ0v) is 14.6. The van der Waals surface area contributed by atoms with Crippen LogP contribution in [0.25, 0.3) is 11.2 Å². The van der Waals surface area contributed by atoms with E-state index >= 15 is 0 Å². The van der Waals surface area contributed by atoms with Gasteiger partial charge in [0, 0.05) is 26.2 Å². The summed E-state index contributed by atoms with van der Waals surface area (Å²) >= 11 is 6.14. The summed E-state index contributed by atoms with van der Waals surface area (Å²) in [6.45, 7) is 3.45. The van der Waals surface area contributed by atoms with Gasteiger partial charge in [0.25, 0.3) is 0 Å². The van der Waals surface area contributed by atoms with E-state index in [-0.39, 0.29) is 17.5 Å². The Morgan fingerprint density at radius 2 is 2.00 bits per heavy atom. The van der Waals surface area contributed by atoms with Crippen LogP contribution >= 0.6 is 11.6 Å². The first kappa shape index (κ1) is 16.6. The van der Waals surface area contributed by atoms with Crippen LogP contribution in [0, 0.1) is 11.3 Å². The summed E-state index contributed by atoms with van der Waals surface area (Å²) in [6.07, 6.45) is 0. The molecule has 2 aromatic heterocycles. The number of rotatable bonds is 3. The average molecular weight is 370 g/mol. The smallest absolute Gasteiger partial charge is 0.328 e. The van der Waals surface area contributed by atoms with E-state index in [1.54, 1.807) is 12.1 Å². The first-order valence-electron chi connectivity index (χ1n) is 8.27. The molecule has 9 heteroatoms. The molecule has 0 radical (unpaired) electrons. The number of nitrogens with one attached hydrogen (secondary N) is 2. The highest BCUT2D eigenvalue weighted by atomic mass is 35.5. The van der Waals surface area contributed by atoms with Crippen molar-refractivity contribution in [1.29, 1.82) is 5.26 Å². The lowest BCUT2D eigenvalue weighted by molar-refractivity contribution is 0.586. The Hall–Kier alpha value is -2.89. The molecule has 26 heavy (non-hydrogen) atoms. The van der Waals surface area contributed by atoms with Gasteiger partial charge in [-0.2, -0.15) is 15.2 Å². The van der Waals surface area contributed by atoms with Crippen molar-refractivity contribution in [2.24, 2.45) is 0 Å². The van der Waals surface area contributed by atoms with E-state index < -0.39 is 0 Å². The molecular weight excluding hydrogens is 354 g/mol. The maximum atomic E-state index is 12.6. The van der Waals surface area contributed by atoms with Crippen molar-refractivity contribution in [3.8, 4) is 6.07 Å². The molecule has 8 nitrogen and oxygen atoms in total. The second-order valence-corrected chi connectivity index (χ2v) is 6.38. The van der Waals surface area contributed by atoms with E-state index in [1.165, 1.54) is 4.57 Å². The predicted molar refractivity (Wildman–Crippen MR) is 98.5 cm³/mol. The highest BCUT2D eigenvalue weighted by molar-refractivity contribution is 6.28. The van der Waals surface area contributed by atoms with Crippen LogP contribution in [-0.2, 0) is 6.54 Å². The standard InChI is InChI=1S/C17H16ClN7O/c18-16-22-14(24-7-5-20-6-8-24)13-15(23-16)25(17(26)21-13)10-12-4-2-1-3-11(12)9-19/h1-4,20H,5-8,10H2,(H,21,26). The summed E-state index contributed by atoms with van der Waals surface area (Å²) in [7, 11) is 0. The average Bonchev–Trinajstić information content (AvgIpc) is 2.98. The molecule has 1 aliphatic rings.